The van der Waals surface area contributed by atoms with Crippen molar-refractivity contribution in [1.82, 2.24) is 89.7 Å². The Bertz CT molecular complexity index is 6820. The normalized spacial score (nSPS) is 11.2. The van der Waals surface area contributed by atoms with Crippen LogP contribution in [0.2, 0.25) is 0 Å². The van der Waals surface area contributed by atoms with E-state index in [1.807, 2.05) is 64.1 Å². The van der Waals surface area contributed by atoms with Crippen molar-refractivity contribution in [1.29, 1.82) is 0 Å². The Hall–Kier alpha value is -17.8. The average molecular weight is 1740 g/mol. The molecule has 37 nitrogen and oxygen atoms in total. The van der Waals surface area contributed by atoms with Crippen LogP contribution in [0.1, 0.15) is 108 Å². The summed E-state index contributed by atoms with van der Waals surface area (Å²) in [5.41, 5.74) is 10.4. The monoisotopic (exact) mass is 1740 g/mol. The van der Waals surface area contributed by atoms with Gasteiger partial charge in [0.05, 0.1) is 133 Å². The third-order valence-corrected chi connectivity index (χ3v) is 18.3. The van der Waals surface area contributed by atoms with Gasteiger partial charge >= 0.3 is 0 Å². The maximum Gasteiger partial charge on any atom is 0.178 e. The number of aryl methyl sites for hydroxylation is 4. The number of carbonyl (C=O) groups excluding carboxylic acids is 8. The van der Waals surface area contributed by atoms with E-state index in [2.05, 4.69) is 89.7 Å². The van der Waals surface area contributed by atoms with E-state index < -0.39 is 55.4 Å². The lowest BCUT2D eigenvalue weighted by Crippen LogP contribution is -2.24. The molecule has 1 N–H and O–H groups in total. The Kier molecular flexibility index (Phi) is 30.1. The molecular formula is C91H60N18O19P-9. The van der Waals surface area contributed by atoms with Crippen LogP contribution in [0.5, 0.6) is 0 Å². The molecule has 0 saturated carbocycles. The minimum Gasteiger partial charge on any atom is -0.775 e. The van der Waals surface area contributed by atoms with Gasteiger partial charge in [-0.2, -0.15) is 0 Å². The molecule has 15 rings (SSSR count). The van der Waals surface area contributed by atoms with Gasteiger partial charge in [-0.3, -0.25) is 34.9 Å². The van der Waals surface area contributed by atoms with Gasteiger partial charge in [-0.25, -0.2) is 54.8 Å². The Morgan fingerprint density at radius 2 is 0.581 bits per heavy atom. The zero-order chi connectivity index (χ0) is 92.6. The molecule has 0 amide bonds. The minimum atomic E-state index is -4.83. The number of aliphatic carboxylic acids is 2. The molecule has 38 heteroatoms. The van der Waals surface area contributed by atoms with Crippen LogP contribution in [0.25, 0.3) is 132 Å². The Morgan fingerprint density at radius 3 is 0.961 bits per heavy atom. The van der Waals surface area contributed by atoms with E-state index in [-0.39, 0.29) is 90.3 Å². The van der Waals surface area contributed by atoms with Crippen molar-refractivity contribution in [2.24, 2.45) is 0 Å². The van der Waals surface area contributed by atoms with E-state index in [9.17, 15) is 93.6 Å². The zero-order valence-corrected chi connectivity index (χ0v) is 68.6. The fourth-order valence-corrected chi connectivity index (χ4v) is 12.0. The lowest BCUT2D eigenvalue weighted by Gasteiger charge is -2.18. The molecule has 0 saturated heterocycles. The highest BCUT2D eigenvalue weighted by Crippen LogP contribution is 2.34. The molecule has 0 aliphatic heterocycles. The summed E-state index contributed by atoms with van der Waals surface area (Å²) in [6, 6.07) is 40.9. The molecule has 15 heterocycles. The number of aromatic carboxylic acids is 6. The first-order valence-electron chi connectivity index (χ1n) is 37.6. The number of hydrogen-bond donors (Lipinski definition) is 1. The largest absolute Gasteiger partial charge is 0.775 e. The minimum absolute atomic E-state index is 0.00996. The van der Waals surface area contributed by atoms with Crippen molar-refractivity contribution in [2.75, 3.05) is 0 Å². The summed E-state index contributed by atoms with van der Waals surface area (Å²) in [6.45, 7) is 9.30. The first-order valence-corrected chi connectivity index (χ1v) is 39.2. The van der Waals surface area contributed by atoms with Crippen LogP contribution in [-0.2, 0) is 14.2 Å². The Morgan fingerprint density at radius 1 is 0.287 bits per heavy atom. The van der Waals surface area contributed by atoms with Gasteiger partial charge in [-0.15, -0.1) is 0 Å². The lowest BCUT2D eigenvalue weighted by atomic mass is 10.1. The molecule has 0 bridgehead atoms. The number of hydrogen-bond acceptors (Lipinski definition) is 36. The number of rotatable bonds is 22. The van der Waals surface area contributed by atoms with E-state index in [0.717, 1.165) is 46.5 Å². The van der Waals surface area contributed by atoms with Crippen molar-refractivity contribution in [3.63, 3.8) is 0 Å². The van der Waals surface area contributed by atoms with Gasteiger partial charge in [0.25, 0.3) is 0 Å². The van der Waals surface area contributed by atoms with Crippen LogP contribution in [0.15, 0.2) is 250 Å². The summed E-state index contributed by atoms with van der Waals surface area (Å²) in [4.78, 5) is 185. The summed E-state index contributed by atoms with van der Waals surface area (Å²) in [5, 5.41) is 88.0. The maximum atomic E-state index is 11.7. The van der Waals surface area contributed by atoms with Crippen LogP contribution in [0.4, 0.5) is 0 Å². The smallest absolute Gasteiger partial charge is 0.178 e. The third kappa shape index (κ3) is 25.9. The van der Waals surface area contributed by atoms with Gasteiger partial charge in [0, 0.05) is 107 Å². The highest BCUT2D eigenvalue weighted by molar-refractivity contribution is 7.58. The molecule has 642 valence electrons. The molecular weight excluding hydrogens is 1680 g/mol. The molecule has 0 aliphatic carbocycles. The first-order chi connectivity index (χ1) is 61.7. The fourth-order valence-electron chi connectivity index (χ4n) is 11.5. The quantitative estimate of drug-likeness (QED) is 0.0751. The maximum absolute atomic E-state index is 11.7. The molecule has 129 heavy (non-hydrogen) atoms. The van der Waals surface area contributed by atoms with E-state index in [4.69, 9.17) is 0 Å². The molecule has 0 fully saturated rings. The van der Waals surface area contributed by atoms with E-state index >= 15 is 0 Å². The lowest BCUT2D eigenvalue weighted by molar-refractivity contribution is -0.298. The summed E-state index contributed by atoms with van der Waals surface area (Å²) < 4.78 is 11.7. The van der Waals surface area contributed by atoms with Gasteiger partial charge in [-0.1, -0.05) is 24.3 Å². The summed E-state index contributed by atoms with van der Waals surface area (Å²) >= 11 is 0. The standard InChI is InChI=1S/C24H19N3O4.C18H13N3O4.C17H14N3O5P.C16H11N5O4.C16H12N4O2/c1-2-3-16-8-10-25-19(12-16)21-14-18(5-7-24(30)31)15-22(27-21)20-13-17(9-11-26-20)4-6-23(28)29;1-10-2-4-19-13(6-10)15-8-12(18(24)25)9-16(21-15)14-7-11(17(22)23)3-5-20-14;1-10-2-4-18-13(6-10)15-8-12(26(23,24)25)9-16(20-15)14-7-11(17(21)22)3-5-19-14;1-8-2-4-17-13(19-8)11-6-9(15(22)23)7-12(20-11)14-18-5-3-10(21-14)16(24)25;1-10-3-6-17-12(7-10)13-8-11(16(21)22)9-14(20-13)15-18-4-2-5-19-15/h2-15H,1H3,(H,28,29)(H,30,31);2-9H,1H3,(H,22,23)(H,24,25);2-9H,1H3,(H,21,22)(H2,23,24,25);2-7H,1H3,(H,22,23)(H,24,25);2-9H,1H3,(H,21,22)/p-9/b3-2+,6-4+,7-5+;;;;. The number of carboxylic acids is 8. The average Bonchev–Trinajstić information content (AvgIpc) is 0.797. The SMILES string of the molecule is C/C=C/c1ccnc(-c2cc(/C=C/C(=O)[O-])cc(-c3cc(/C=C/C(=O)[O-])ccn3)n2)c1.Cc1ccnc(-c2cc(C(=O)[O-])cc(-c3cc(C(=O)[O-])ccn3)n2)c1.Cc1ccnc(-c2cc(C(=O)[O-])cc(-c3nccc(C(=O)[O-])n3)n2)n1.Cc1ccnc(-c2cc(C(=O)[O-])cc(-c3ncccn3)n2)c1.Cc1ccnc(-c2cc(P(=O)([O-])O)cc(-c3cc(C(=O)[O-])ccn3)n2)c1. The van der Waals surface area contributed by atoms with Crippen molar-refractivity contribution < 1.29 is 93.6 Å². The number of allylic oxidation sites excluding steroid dienone is 1. The van der Waals surface area contributed by atoms with Crippen molar-refractivity contribution in [3.8, 4) is 114 Å². The van der Waals surface area contributed by atoms with Gasteiger partial charge in [0.1, 0.15) is 17.1 Å². The Balaban J connectivity index is 0.000000157. The number of aromatic nitrogens is 18. The second-order valence-corrected chi connectivity index (χ2v) is 28.6. The second kappa shape index (κ2) is 42.3. The van der Waals surface area contributed by atoms with Crippen molar-refractivity contribution in [2.45, 2.75) is 34.6 Å². The number of carbonyl (C=O) groups is 8. The van der Waals surface area contributed by atoms with E-state index in [1.165, 1.54) is 110 Å². The fraction of sp³-hybridized carbons (Fsp3) is 0.0549. The van der Waals surface area contributed by atoms with Crippen LogP contribution in [0, 0.1) is 27.7 Å². The van der Waals surface area contributed by atoms with Crippen LogP contribution < -0.4 is 51.1 Å². The third-order valence-electron chi connectivity index (χ3n) is 17.4. The van der Waals surface area contributed by atoms with Crippen LogP contribution in [-0.4, -0.2) is 142 Å². The molecule has 0 aromatic carbocycles. The topological polar surface area (TPSA) is 613 Å². The van der Waals surface area contributed by atoms with Gasteiger partial charge in [0.2, 0.25) is 0 Å². The van der Waals surface area contributed by atoms with Crippen molar-refractivity contribution in [3.05, 3.63) is 323 Å². The van der Waals surface area contributed by atoms with Gasteiger partial charge in [-0.05, 0) is 244 Å². The molecule has 0 aliphatic rings. The number of nitrogens with zero attached hydrogens (tertiary/aromatic N) is 18. The molecule has 1 atom stereocenters. The summed E-state index contributed by atoms with van der Waals surface area (Å²) in [7, 11) is -4.83. The number of carboxylic acid groups (broad SMARTS) is 8. The molecule has 0 spiro atoms. The van der Waals surface area contributed by atoms with Crippen LogP contribution in [0.3, 0.4) is 0 Å². The summed E-state index contributed by atoms with van der Waals surface area (Å²) in [6.07, 6.45) is 24.9. The highest BCUT2D eigenvalue weighted by atomic mass is 31.2. The van der Waals surface area contributed by atoms with Gasteiger partial charge < -0.3 is 93.6 Å². The predicted molar refractivity (Wildman–Crippen MR) is 444 cm³/mol. The summed E-state index contributed by atoms with van der Waals surface area (Å²) in [5.74, 6) is -10.5. The molecule has 1 unspecified atom stereocenters. The molecule has 15 aromatic rings. The second-order valence-electron chi connectivity index (χ2n) is 27.0. The predicted octanol–water partition coefficient (Wildman–Crippen LogP) is 2.36. The van der Waals surface area contributed by atoms with Crippen molar-refractivity contribution >= 4 is 78.9 Å². The first kappa shape index (κ1) is 91.9. The highest BCUT2D eigenvalue weighted by Gasteiger charge is 2.20. The van der Waals surface area contributed by atoms with E-state index in [0.29, 0.717) is 79.6 Å². The Labute approximate surface area is 730 Å². The zero-order valence-electron chi connectivity index (χ0n) is 67.7. The number of pyridine rings is 12. The molecule has 15 aromatic heterocycles. The van der Waals surface area contributed by atoms with E-state index in [1.54, 1.807) is 105 Å². The van der Waals surface area contributed by atoms with Crippen LogP contribution >= 0.6 is 7.60 Å². The molecule has 0 radical (unpaired) electrons. The van der Waals surface area contributed by atoms with Gasteiger partial charge in [0.15, 0.2) is 25.1 Å².